The summed E-state index contributed by atoms with van der Waals surface area (Å²) in [5.41, 5.74) is 6.98. The van der Waals surface area contributed by atoms with E-state index in [4.69, 9.17) is 28.9 Å². The van der Waals surface area contributed by atoms with Gasteiger partial charge in [-0.1, -0.05) is 29.3 Å². The molecule has 12 heavy (non-hydrogen) atoms. The van der Waals surface area contributed by atoms with Crippen LogP contribution in [0.5, 0.6) is 0 Å². The average molecular weight is 220 g/mol. The van der Waals surface area contributed by atoms with E-state index in [0.29, 0.717) is 15.7 Å². The Morgan fingerprint density at radius 3 is 2.50 bits per heavy atom. The van der Waals surface area contributed by atoms with Crippen LogP contribution in [0.1, 0.15) is 5.56 Å². The standard InChI is InChI=1S/C8H7Cl2NS/c9-6-2-1-5(3-7(6)10)8(11)4-12/h1-4,12H,11H2/b8-4-. The number of nitrogens with two attached hydrogens (primary N) is 1. The van der Waals surface area contributed by atoms with Crippen molar-refractivity contribution in [2.75, 3.05) is 0 Å². The van der Waals surface area contributed by atoms with E-state index in [2.05, 4.69) is 12.6 Å². The van der Waals surface area contributed by atoms with Crippen LogP contribution in [0.15, 0.2) is 23.6 Å². The van der Waals surface area contributed by atoms with Crippen LogP contribution in [0.25, 0.3) is 5.70 Å². The van der Waals surface area contributed by atoms with Gasteiger partial charge < -0.3 is 5.73 Å². The molecule has 1 aromatic carbocycles. The molecule has 0 aromatic heterocycles. The van der Waals surface area contributed by atoms with Gasteiger partial charge in [0.25, 0.3) is 0 Å². The third kappa shape index (κ3) is 2.09. The van der Waals surface area contributed by atoms with E-state index in [0.717, 1.165) is 5.56 Å². The molecule has 0 heterocycles. The molecule has 64 valence electrons. The van der Waals surface area contributed by atoms with Gasteiger partial charge in [0.2, 0.25) is 0 Å². The van der Waals surface area contributed by atoms with E-state index in [9.17, 15) is 0 Å². The molecule has 0 saturated carbocycles. The molecule has 2 N–H and O–H groups in total. The smallest absolute Gasteiger partial charge is 0.0599 e. The lowest BCUT2D eigenvalue weighted by Gasteiger charge is -2.01. The van der Waals surface area contributed by atoms with Crippen LogP contribution in [0, 0.1) is 0 Å². The molecule has 1 rings (SSSR count). The van der Waals surface area contributed by atoms with Crippen LogP contribution >= 0.6 is 35.8 Å². The first-order valence-corrected chi connectivity index (χ1v) is 4.47. The van der Waals surface area contributed by atoms with Crippen molar-refractivity contribution in [3.63, 3.8) is 0 Å². The van der Waals surface area contributed by atoms with Gasteiger partial charge >= 0.3 is 0 Å². The molecule has 0 bridgehead atoms. The summed E-state index contributed by atoms with van der Waals surface area (Å²) in [6.45, 7) is 0. The molecule has 4 heteroatoms. The number of halogens is 2. The lowest BCUT2D eigenvalue weighted by Crippen LogP contribution is -1.94. The van der Waals surface area contributed by atoms with Crippen molar-refractivity contribution in [2.24, 2.45) is 5.73 Å². The van der Waals surface area contributed by atoms with Gasteiger partial charge in [-0.2, -0.15) is 0 Å². The van der Waals surface area contributed by atoms with E-state index in [-0.39, 0.29) is 0 Å². The van der Waals surface area contributed by atoms with Crippen LogP contribution in [0.4, 0.5) is 0 Å². The predicted molar refractivity (Wildman–Crippen MR) is 57.6 cm³/mol. The molecule has 0 aliphatic heterocycles. The van der Waals surface area contributed by atoms with Gasteiger partial charge in [0.1, 0.15) is 0 Å². The SMILES string of the molecule is N/C(=C\S)c1ccc(Cl)c(Cl)c1. The highest BCUT2D eigenvalue weighted by Gasteiger charge is 2.00. The number of hydrogen-bond acceptors (Lipinski definition) is 2. The third-order valence-electron chi connectivity index (χ3n) is 1.39. The normalized spacial score (nSPS) is 11.8. The van der Waals surface area contributed by atoms with Gasteiger partial charge in [0.15, 0.2) is 0 Å². The Labute approximate surface area is 86.6 Å². The second kappa shape index (κ2) is 4.08. The molecule has 0 aliphatic carbocycles. The fourth-order valence-corrected chi connectivity index (χ4v) is 1.20. The summed E-state index contributed by atoms with van der Waals surface area (Å²) in [7, 11) is 0. The molecule has 0 fully saturated rings. The van der Waals surface area contributed by atoms with Crippen LogP contribution in [-0.2, 0) is 0 Å². The minimum absolute atomic E-state index is 0.493. The van der Waals surface area contributed by atoms with Crippen LogP contribution in [0.3, 0.4) is 0 Å². The molecular formula is C8H7Cl2NS. The summed E-state index contributed by atoms with van der Waals surface area (Å²) in [6, 6.07) is 5.19. The van der Waals surface area contributed by atoms with Crippen molar-refractivity contribution in [1.82, 2.24) is 0 Å². The van der Waals surface area contributed by atoms with Gasteiger partial charge in [-0.15, -0.1) is 12.6 Å². The van der Waals surface area contributed by atoms with Crippen molar-refractivity contribution >= 4 is 41.5 Å². The van der Waals surface area contributed by atoms with E-state index in [1.165, 1.54) is 5.41 Å². The van der Waals surface area contributed by atoms with Gasteiger partial charge in [0.05, 0.1) is 10.0 Å². The molecule has 0 amide bonds. The minimum atomic E-state index is 0.493. The quantitative estimate of drug-likeness (QED) is 0.698. The van der Waals surface area contributed by atoms with Crippen molar-refractivity contribution in [3.05, 3.63) is 39.2 Å². The summed E-state index contributed by atoms with van der Waals surface area (Å²) < 4.78 is 0. The summed E-state index contributed by atoms with van der Waals surface area (Å²) >= 11 is 15.4. The zero-order valence-corrected chi connectivity index (χ0v) is 8.50. The van der Waals surface area contributed by atoms with Gasteiger partial charge in [-0.3, -0.25) is 0 Å². The second-order valence-corrected chi connectivity index (χ2v) is 3.29. The van der Waals surface area contributed by atoms with E-state index in [1.807, 2.05) is 0 Å². The average Bonchev–Trinajstić information content (AvgIpc) is 2.08. The monoisotopic (exact) mass is 219 g/mol. The minimum Gasteiger partial charge on any atom is -0.398 e. The zero-order valence-electron chi connectivity index (χ0n) is 6.09. The summed E-state index contributed by atoms with van der Waals surface area (Å²) in [4.78, 5) is 0. The Hall–Kier alpha value is -0.310. The highest BCUT2D eigenvalue weighted by Crippen LogP contribution is 2.24. The number of benzene rings is 1. The highest BCUT2D eigenvalue weighted by atomic mass is 35.5. The Balaban J connectivity index is 3.13. The molecule has 0 saturated heterocycles. The Kier molecular flexibility index (Phi) is 3.32. The molecule has 1 aromatic rings. The lowest BCUT2D eigenvalue weighted by molar-refractivity contribution is 1.53. The topological polar surface area (TPSA) is 26.0 Å². The van der Waals surface area contributed by atoms with Gasteiger partial charge in [0, 0.05) is 5.70 Å². The first-order chi connectivity index (χ1) is 5.65. The van der Waals surface area contributed by atoms with Crippen molar-refractivity contribution < 1.29 is 0 Å². The lowest BCUT2D eigenvalue weighted by atomic mass is 10.2. The summed E-state index contributed by atoms with van der Waals surface area (Å²) in [6.07, 6.45) is 0. The van der Waals surface area contributed by atoms with Crippen molar-refractivity contribution in [1.29, 1.82) is 0 Å². The van der Waals surface area contributed by atoms with E-state index in [1.54, 1.807) is 18.2 Å². The number of rotatable bonds is 1. The van der Waals surface area contributed by atoms with Gasteiger partial charge in [-0.05, 0) is 23.1 Å². The number of hydrogen-bond donors (Lipinski definition) is 2. The van der Waals surface area contributed by atoms with Crippen LogP contribution in [0.2, 0.25) is 10.0 Å². The maximum Gasteiger partial charge on any atom is 0.0599 e. The van der Waals surface area contributed by atoms with E-state index < -0.39 is 0 Å². The molecule has 0 atom stereocenters. The fraction of sp³-hybridized carbons (Fsp3) is 0. The third-order valence-corrected chi connectivity index (χ3v) is 2.41. The Morgan fingerprint density at radius 1 is 1.33 bits per heavy atom. The molecule has 0 spiro atoms. The molecule has 0 radical (unpaired) electrons. The Morgan fingerprint density at radius 2 is 2.00 bits per heavy atom. The largest absolute Gasteiger partial charge is 0.398 e. The van der Waals surface area contributed by atoms with Crippen LogP contribution in [-0.4, -0.2) is 0 Å². The molecule has 0 unspecified atom stereocenters. The Bertz CT molecular complexity index is 323. The summed E-state index contributed by atoms with van der Waals surface area (Å²) in [5, 5.41) is 2.53. The van der Waals surface area contributed by atoms with Crippen molar-refractivity contribution in [3.8, 4) is 0 Å². The zero-order chi connectivity index (χ0) is 9.14. The molecule has 0 aliphatic rings. The fourth-order valence-electron chi connectivity index (χ4n) is 0.750. The van der Waals surface area contributed by atoms with Crippen molar-refractivity contribution in [2.45, 2.75) is 0 Å². The van der Waals surface area contributed by atoms with E-state index >= 15 is 0 Å². The second-order valence-electron chi connectivity index (χ2n) is 2.21. The first kappa shape index (κ1) is 9.78. The maximum absolute atomic E-state index is 5.78. The molecular weight excluding hydrogens is 213 g/mol. The predicted octanol–water partition coefficient (Wildman–Crippen LogP) is 3.18. The first-order valence-electron chi connectivity index (χ1n) is 3.20. The van der Waals surface area contributed by atoms with Crippen LogP contribution < -0.4 is 5.73 Å². The number of thiol groups is 1. The molecule has 1 nitrogen and oxygen atoms in total. The maximum atomic E-state index is 5.78. The van der Waals surface area contributed by atoms with Gasteiger partial charge in [-0.25, -0.2) is 0 Å². The summed E-state index contributed by atoms with van der Waals surface area (Å²) in [5.74, 6) is 0. The highest BCUT2D eigenvalue weighted by molar-refractivity contribution is 7.83.